The molecule has 0 bridgehead atoms. The van der Waals surface area contributed by atoms with Gasteiger partial charge in [-0.3, -0.25) is 4.79 Å². The van der Waals surface area contributed by atoms with Crippen molar-refractivity contribution in [1.82, 2.24) is 0 Å². The number of benzene rings is 2. The third-order valence-corrected chi connectivity index (χ3v) is 3.25. The van der Waals surface area contributed by atoms with E-state index in [2.05, 4.69) is 0 Å². The van der Waals surface area contributed by atoms with Crippen molar-refractivity contribution in [3.63, 3.8) is 0 Å². The summed E-state index contributed by atoms with van der Waals surface area (Å²) < 4.78 is 10.8. The lowest BCUT2D eigenvalue weighted by molar-refractivity contribution is 0.101. The maximum absolute atomic E-state index is 11.6. The minimum atomic E-state index is 0.0283. The van der Waals surface area contributed by atoms with Crippen LogP contribution in [0.5, 0.6) is 11.5 Å². The zero-order chi connectivity index (χ0) is 14.7. The van der Waals surface area contributed by atoms with Gasteiger partial charge in [-0.15, -0.1) is 0 Å². The first-order chi connectivity index (χ1) is 9.56. The van der Waals surface area contributed by atoms with Gasteiger partial charge in [-0.2, -0.15) is 0 Å². The number of hydrogen-bond acceptors (Lipinski definition) is 3. The number of hydrogen-bond donors (Lipinski definition) is 0. The second kappa shape index (κ2) is 5.78. The zero-order valence-electron chi connectivity index (χ0n) is 12.2. The van der Waals surface area contributed by atoms with Gasteiger partial charge in [0, 0.05) is 16.7 Å². The Bertz CT molecular complexity index is 645. The largest absolute Gasteiger partial charge is 0.496 e. The van der Waals surface area contributed by atoms with Crippen LogP contribution in [0.25, 0.3) is 11.1 Å². The van der Waals surface area contributed by atoms with Gasteiger partial charge in [-0.05, 0) is 44.2 Å². The van der Waals surface area contributed by atoms with Crippen molar-refractivity contribution in [3.05, 3.63) is 47.5 Å². The average molecular weight is 270 g/mol. The van der Waals surface area contributed by atoms with E-state index in [1.54, 1.807) is 27.2 Å². The Balaban J connectivity index is 2.69. The van der Waals surface area contributed by atoms with Gasteiger partial charge < -0.3 is 9.47 Å². The van der Waals surface area contributed by atoms with Crippen LogP contribution >= 0.6 is 0 Å². The second-order valence-corrected chi connectivity index (χ2v) is 4.67. The van der Waals surface area contributed by atoms with Crippen LogP contribution in [-0.4, -0.2) is 20.0 Å². The number of aryl methyl sites for hydroxylation is 1. The van der Waals surface area contributed by atoms with E-state index in [1.165, 1.54) is 0 Å². The van der Waals surface area contributed by atoms with Crippen molar-refractivity contribution >= 4 is 5.78 Å². The molecule has 0 aliphatic carbocycles. The molecule has 0 radical (unpaired) electrons. The molecular weight excluding hydrogens is 252 g/mol. The number of Topliss-reactive ketones (excluding diaryl/α,β-unsaturated/α-hetero) is 1. The molecule has 3 nitrogen and oxygen atoms in total. The molecule has 0 saturated carbocycles. The first kappa shape index (κ1) is 14.1. The molecular formula is C17H18O3. The van der Waals surface area contributed by atoms with Gasteiger partial charge in [-0.25, -0.2) is 0 Å². The fraction of sp³-hybridized carbons (Fsp3) is 0.235. The quantitative estimate of drug-likeness (QED) is 0.791. The Kier molecular flexibility index (Phi) is 4.08. The molecule has 0 saturated heterocycles. The summed E-state index contributed by atoms with van der Waals surface area (Å²) in [6.45, 7) is 3.57. The predicted octanol–water partition coefficient (Wildman–Crippen LogP) is 3.88. The third kappa shape index (κ3) is 2.67. The van der Waals surface area contributed by atoms with Crippen LogP contribution in [-0.2, 0) is 0 Å². The molecule has 0 heterocycles. The lowest BCUT2D eigenvalue weighted by Gasteiger charge is -2.14. The highest BCUT2D eigenvalue weighted by Crippen LogP contribution is 2.37. The van der Waals surface area contributed by atoms with E-state index in [0.717, 1.165) is 28.2 Å². The Labute approximate surface area is 119 Å². The van der Waals surface area contributed by atoms with Crippen LogP contribution in [0.15, 0.2) is 36.4 Å². The van der Waals surface area contributed by atoms with Crippen molar-refractivity contribution < 1.29 is 14.3 Å². The first-order valence-corrected chi connectivity index (χ1v) is 6.40. The Morgan fingerprint density at radius 3 is 2.00 bits per heavy atom. The van der Waals surface area contributed by atoms with Gasteiger partial charge in [0.25, 0.3) is 0 Å². The topological polar surface area (TPSA) is 35.5 Å². The summed E-state index contributed by atoms with van der Waals surface area (Å²) in [4.78, 5) is 11.6. The van der Waals surface area contributed by atoms with E-state index in [0.29, 0.717) is 5.56 Å². The first-order valence-electron chi connectivity index (χ1n) is 6.40. The van der Waals surface area contributed by atoms with Gasteiger partial charge in [0.2, 0.25) is 0 Å². The molecule has 0 aliphatic rings. The van der Waals surface area contributed by atoms with Crippen LogP contribution in [0.4, 0.5) is 0 Å². The zero-order valence-corrected chi connectivity index (χ0v) is 12.2. The normalized spacial score (nSPS) is 10.2. The number of methoxy groups -OCH3 is 2. The van der Waals surface area contributed by atoms with E-state index in [-0.39, 0.29) is 5.78 Å². The molecule has 0 fully saturated rings. The summed E-state index contributed by atoms with van der Waals surface area (Å²) >= 11 is 0. The summed E-state index contributed by atoms with van der Waals surface area (Å²) in [6.07, 6.45) is 0. The summed E-state index contributed by atoms with van der Waals surface area (Å²) in [6, 6.07) is 11.4. The molecule has 0 atom stereocenters. The SMILES string of the molecule is COc1ccc(C)cc1-c1cc(C(C)=O)ccc1OC. The Morgan fingerprint density at radius 2 is 1.45 bits per heavy atom. The highest BCUT2D eigenvalue weighted by molar-refractivity contribution is 5.96. The van der Waals surface area contributed by atoms with Crippen LogP contribution in [0.2, 0.25) is 0 Å². The highest BCUT2D eigenvalue weighted by Gasteiger charge is 2.13. The number of ether oxygens (including phenoxy) is 2. The van der Waals surface area contributed by atoms with E-state index >= 15 is 0 Å². The highest BCUT2D eigenvalue weighted by atomic mass is 16.5. The minimum Gasteiger partial charge on any atom is -0.496 e. The minimum absolute atomic E-state index is 0.0283. The van der Waals surface area contributed by atoms with Crippen LogP contribution in [0, 0.1) is 6.92 Å². The summed E-state index contributed by atoms with van der Waals surface area (Å²) in [5.74, 6) is 1.51. The van der Waals surface area contributed by atoms with E-state index < -0.39 is 0 Å². The number of carbonyl (C=O) groups is 1. The molecule has 2 aromatic carbocycles. The van der Waals surface area contributed by atoms with Crippen molar-refractivity contribution in [2.45, 2.75) is 13.8 Å². The Morgan fingerprint density at radius 1 is 0.900 bits per heavy atom. The molecule has 0 aromatic heterocycles. The monoisotopic (exact) mass is 270 g/mol. The fourth-order valence-electron chi connectivity index (χ4n) is 2.17. The number of rotatable bonds is 4. The summed E-state index contributed by atoms with van der Waals surface area (Å²) in [5, 5.41) is 0. The van der Waals surface area contributed by atoms with Crippen molar-refractivity contribution in [2.24, 2.45) is 0 Å². The number of carbonyl (C=O) groups excluding carboxylic acids is 1. The maximum atomic E-state index is 11.6. The third-order valence-electron chi connectivity index (χ3n) is 3.25. The summed E-state index contributed by atoms with van der Waals surface area (Å²) in [7, 11) is 3.25. The standard InChI is InChI=1S/C17H18O3/c1-11-5-7-16(19-3)14(9-11)15-10-13(12(2)18)6-8-17(15)20-4/h5-10H,1-4H3. The second-order valence-electron chi connectivity index (χ2n) is 4.67. The molecule has 20 heavy (non-hydrogen) atoms. The van der Waals surface area contributed by atoms with Crippen molar-refractivity contribution in [1.29, 1.82) is 0 Å². The Hall–Kier alpha value is -2.29. The lowest BCUT2D eigenvalue weighted by Crippen LogP contribution is -1.97. The van der Waals surface area contributed by atoms with E-state index in [9.17, 15) is 4.79 Å². The van der Waals surface area contributed by atoms with Crippen LogP contribution in [0.1, 0.15) is 22.8 Å². The fourth-order valence-corrected chi connectivity index (χ4v) is 2.17. The molecule has 0 N–H and O–H groups in total. The van der Waals surface area contributed by atoms with E-state index in [4.69, 9.17) is 9.47 Å². The van der Waals surface area contributed by atoms with Gasteiger partial charge in [0.1, 0.15) is 11.5 Å². The van der Waals surface area contributed by atoms with Gasteiger partial charge in [0.15, 0.2) is 5.78 Å². The molecule has 0 spiro atoms. The van der Waals surface area contributed by atoms with Crippen LogP contribution in [0.3, 0.4) is 0 Å². The van der Waals surface area contributed by atoms with Crippen LogP contribution < -0.4 is 9.47 Å². The molecule has 2 rings (SSSR count). The smallest absolute Gasteiger partial charge is 0.159 e. The molecule has 104 valence electrons. The summed E-state index contributed by atoms with van der Waals surface area (Å²) in [5.41, 5.74) is 3.56. The lowest BCUT2D eigenvalue weighted by atomic mass is 9.98. The number of ketones is 1. The van der Waals surface area contributed by atoms with Gasteiger partial charge >= 0.3 is 0 Å². The van der Waals surface area contributed by atoms with Crippen molar-refractivity contribution in [3.8, 4) is 22.6 Å². The molecule has 2 aromatic rings. The maximum Gasteiger partial charge on any atom is 0.159 e. The molecule has 3 heteroatoms. The molecule has 0 aliphatic heterocycles. The average Bonchev–Trinajstić information content (AvgIpc) is 2.46. The molecule has 0 amide bonds. The predicted molar refractivity (Wildman–Crippen MR) is 79.7 cm³/mol. The van der Waals surface area contributed by atoms with Gasteiger partial charge in [0.05, 0.1) is 14.2 Å². The molecule has 0 unspecified atom stereocenters. The van der Waals surface area contributed by atoms with Crippen molar-refractivity contribution in [2.75, 3.05) is 14.2 Å². The van der Waals surface area contributed by atoms with E-state index in [1.807, 2.05) is 37.3 Å². The van der Waals surface area contributed by atoms with Gasteiger partial charge in [-0.1, -0.05) is 11.6 Å².